The Labute approximate surface area is 242 Å². The second-order valence-corrected chi connectivity index (χ2v) is 10.8. The van der Waals surface area contributed by atoms with E-state index < -0.39 is 29.6 Å². The quantitative estimate of drug-likeness (QED) is 0.210. The molecule has 41 heavy (non-hydrogen) atoms. The van der Waals surface area contributed by atoms with Gasteiger partial charge in [-0.25, -0.2) is 4.79 Å². The van der Waals surface area contributed by atoms with Gasteiger partial charge in [0, 0.05) is 17.9 Å². The number of carbonyl (C=O) groups is 2. The molecule has 3 aromatic rings. The number of hydrogen-bond donors (Lipinski definition) is 1. The molecule has 0 aliphatic carbocycles. The highest BCUT2D eigenvalue weighted by molar-refractivity contribution is 7.07. The van der Waals surface area contributed by atoms with E-state index in [2.05, 4.69) is 54.8 Å². The van der Waals surface area contributed by atoms with Crippen molar-refractivity contribution in [3.8, 4) is 6.07 Å². The minimum atomic E-state index is -1.27. The van der Waals surface area contributed by atoms with E-state index in [1.807, 2.05) is 6.07 Å². The molecule has 0 bridgehead atoms. The number of benzene rings is 2. The van der Waals surface area contributed by atoms with Crippen LogP contribution in [0.5, 0.6) is 0 Å². The van der Waals surface area contributed by atoms with Gasteiger partial charge in [-0.05, 0) is 60.2 Å². The average Bonchev–Trinajstić information content (AvgIpc) is 3.15. The predicted molar refractivity (Wildman–Crippen MR) is 161 cm³/mol. The van der Waals surface area contributed by atoms with E-state index in [1.54, 1.807) is 12.1 Å². The van der Waals surface area contributed by atoms with Crippen molar-refractivity contribution in [3.63, 3.8) is 0 Å². The summed E-state index contributed by atoms with van der Waals surface area (Å²) >= 11 is 0.900. The Morgan fingerprint density at radius 2 is 1.88 bits per heavy atom. The molecular weight excluding hydrogens is 538 g/mol. The van der Waals surface area contributed by atoms with Crippen molar-refractivity contribution in [2.45, 2.75) is 52.0 Å². The van der Waals surface area contributed by atoms with Gasteiger partial charge in [0.2, 0.25) is 0 Å². The second kappa shape index (κ2) is 13.8. The number of hydrogen-bond acceptors (Lipinski definition) is 7. The summed E-state index contributed by atoms with van der Waals surface area (Å²) in [6.07, 6.45) is 9.40. The summed E-state index contributed by atoms with van der Waals surface area (Å²) in [6.45, 7) is 5.79. The number of nitriles is 1. The predicted octanol–water partition coefficient (Wildman–Crippen LogP) is 4.04. The molecule has 1 aliphatic rings. The molecule has 0 radical (unpaired) electrons. The number of esters is 1. The maximum atomic E-state index is 13.3. The molecule has 0 saturated carbocycles. The number of carboxylic acid groups (broad SMARTS) is 1. The topological polar surface area (TPSA) is 113 Å². The van der Waals surface area contributed by atoms with Crippen LogP contribution in [0.3, 0.4) is 0 Å². The highest BCUT2D eigenvalue weighted by Gasteiger charge is 2.21. The number of fused-ring (bicyclic) bond motifs is 2. The third-order valence-corrected chi connectivity index (χ3v) is 8.07. The van der Waals surface area contributed by atoms with E-state index in [9.17, 15) is 24.8 Å². The number of nitrogens with zero attached hydrogens (tertiary/aromatic N) is 3. The molecule has 2 heterocycles. The van der Waals surface area contributed by atoms with Gasteiger partial charge >= 0.3 is 11.9 Å². The molecule has 0 amide bonds. The number of ether oxygens (including phenoxy) is 1. The van der Waals surface area contributed by atoms with Crippen LogP contribution in [-0.2, 0) is 33.7 Å². The van der Waals surface area contributed by atoms with Crippen LogP contribution in [0.15, 0.2) is 59.9 Å². The van der Waals surface area contributed by atoms with Gasteiger partial charge in [-0.15, -0.1) is 11.3 Å². The Balaban J connectivity index is 1.80. The van der Waals surface area contributed by atoms with Crippen LogP contribution < -0.4 is 19.7 Å². The van der Waals surface area contributed by atoms with Gasteiger partial charge in [-0.2, -0.15) is 5.26 Å². The van der Waals surface area contributed by atoms with Crippen molar-refractivity contribution >= 4 is 46.3 Å². The van der Waals surface area contributed by atoms with Crippen LogP contribution in [0.25, 0.3) is 11.6 Å². The molecular formula is C32H33N3O5S. The summed E-state index contributed by atoms with van der Waals surface area (Å²) < 4.78 is 6.09. The molecule has 2 aromatic carbocycles. The summed E-state index contributed by atoms with van der Waals surface area (Å²) in [6, 6.07) is 16.3. The zero-order valence-electron chi connectivity index (χ0n) is 23.1. The maximum Gasteiger partial charge on any atom is 0.352 e. The van der Waals surface area contributed by atoms with Crippen LogP contribution in [-0.4, -0.2) is 34.8 Å². The smallest absolute Gasteiger partial charge is 0.352 e. The third-order valence-electron chi connectivity index (χ3n) is 6.94. The first-order valence-corrected chi connectivity index (χ1v) is 14.5. The van der Waals surface area contributed by atoms with Crippen molar-refractivity contribution in [1.82, 2.24) is 4.57 Å². The molecule has 1 aromatic heterocycles. The summed E-state index contributed by atoms with van der Waals surface area (Å²) in [5.74, 6) is -2.21. The number of aromatic nitrogens is 1. The lowest BCUT2D eigenvalue weighted by Gasteiger charge is -2.27. The monoisotopic (exact) mass is 571 g/mol. The highest BCUT2D eigenvalue weighted by Crippen LogP contribution is 2.36. The van der Waals surface area contributed by atoms with Crippen molar-refractivity contribution < 1.29 is 19.4 Å². The summed E-state index contributed by atoms with van der Waals surface area (Å²) in [7, 11) is 0. The van der Waals surface area contributed by atoms with E-state index in [1.165, 1.54) is 36.6 Å². The molecule has 0 fully saturated rings. The lowest BCUT2D eigenvalue weighted by molar-refractivity contribution is -0.138. The minimum Gasteiger partial charge on any atom is -0.480 e. The second-order valence-electron chi connectivity index (χ2n) is 9.80. The highest BCUT2D eigenvalue weighted by atomic mass is 32.1. The van der Waals surface area contributed by atoms with Gasteiger partial charge < -0.3 is 14.7 Å². The van der Waals surface area contributed by atoms with E-state index in [0.717, 1.165) is 58.5 Å². The van der Waals surface area contributed by atoms with Crippen LogP contribution in [0.2, 0.25) is 0 Å². The zero-order valence-corrected chi connectivity index (χ0v) is 23.9. The van der Waals surface area contributed by atoms with E-state index in [4.69, 9.17) is 4.74 Å². The first kappa shape index (κ1) is 29.6. The number of aliphatic carboxylic acids is 1. The molecule has 0 spiro atoms. The van der Waals surface area contributed by atoms with Gasteiger partial charge in [0.25, 0.3) is 5.56 Å². The normalized spacial score (nSPS) is 13.5. The maximum absolute atomic E-state index is 13.3. The molecule has 212 valence electrons. The number of carbonyl (C=O) groups excluding carboxylic acids is 1. The van der Waals surface area contributed by atoms with E-state index in [-0.39, 0.29) is 15.8 Å². The first-order chi connectivity index (χ1) is 19.9. The fourth-order valence-corrected chi connectivity index (χ4v) is 6.09. The lowest BCUT2D eigenvalue weighted by Crippen LogP contribution is -2.35. The summed E-state index contributed by atoms with van der Waals surface area (Å²) in [5, 5.41) is 19.1. The van der Waals surface area contributed by atoms with Gasteiger partial charge in [0.15, 0.2) is 5.57 Å². The van der Waals surface area contributed by atoms with Gasteiger partial charge in [-0.1, -0.05) is 63.1 Å². The molecule has 0 saturated heterocycles. The van der Waals surface area contributed by atoms with Crippen LogP contribution in [0.4, 0.5) is 11.4 Å². The number of unbranched alkanes of at least 4 members (excludes halogenated alkanes) is 3. The van der Waals surface area contributed by atoms with Gasteiger partial charge in [-0.3, -0.25) is 14.2 Å². The van der Waals surface area contributed by atoms with Crippen molar-refractivity contribution in [2.75, 3.05) is 18.1 Å². The van der Waals surface area contributed by atoms with Crippen molar-refractivity contribution in [2.24, 2.45) is 0 Å². The molecule has 8 nitrogen and oxygen atoms in total. The van der Waals surface area contributed by atoms with Gasteiger partial charge in [0.05, 0.1) is 4.53 Å². The fourth-order valence-electron chi connectivity index (χ4n) is 5.00. The Hall–Kier alpha value is -4.42. The Bertz CT molecular complexity index is 1680. The number of aryl methyl sites for hydroxylation is 2. The Kier molecular flexibility index (Phi) is 9.93. The number of thiazole rings is 1. The standard InChI is InChI=1S/C32H33N3O5S/c1-3-5-6-9-16-34-26-11-8-7-10-23(26)13-14-24-18-22(12-15-27(24)34)19-28-30(38)35(21-29(36)37)31(41-28)25(20-33)32(39)40-17-4-2/h4,7-8,10-12,15,18-19H,2-3,5-6,9,13-14,16-17,21H2,1H3,(H,36,37)/b28-19-,31-25+. The Morgan fingerprint density at radius 3 is 2.61 bits per heavy atom. The zero-order chi connectivity index (χ0) is 29.4. The number of para-hydroxylation sites is 1. The number of anilines is 2. The number of rotatable bonds is 11. The molecule has 1 aliphatic heterocycles. The Morgan fingerprint density at radius 1 is 1.12 bits per heavy atom. The van der Waals surface area contributed by atoms with Crippen molar-refractivity contribution in [3.05, 3.63) is 91.4 Å². The van der Waals surface area contributed by atoms with E-state index >= 15 is 0 Å². The summed E-state index contributed by atoms with van der Waals surface area (Å²) in [5.41, 5.74) is 4.59. The van der Waals surface area contributed by atoms with Crippen LogP contribution in [0, 0.1) is 11.3 Å². The first-order valence-electron chi connectivity index (χ1n) is 13.7. The molecule has 4 rings (SSSR count). The third kappa shape index (κ3) is 6.84. The number of carboxylic acids is 1. The minimum absolute atomic E-state index is 0.0522. The van der Waals surface area contributed by atoms with Crippen molar-refractivity contribution in [1.29, 1.82) is 5.26 Å². The molecule has 1 N–H and O–H groups in total. The van der Waals surface area contributed by atoms with Gasteiger partial charge in [0.1, 0.15) is 23.9 Å². The molecule has 9 heteroatoms. The fraction of sp³-hybridized carbons (Fsp3) is 0.312. The van der Waals surface area contributed by atoms with Crippen LogP contribution in [0.1, 0.15) is 49.3 Å². The molecule has 0 unspecified atom stereocenters. The SMILES string of the molecule is C=CCOC(=O)/C(C#N)=c1/s/c(=C\c2ccc3c(c2)CCc2ccccc2N3CCCCCC)c(=O)n1CC(=O)O. The average molecular weight is 572 g/mol. The van der Waals surface area contributed by atoms with E-state index in [0.29, 0.717) is 0 Å². The lowest BCUT2D eigenvalue weighted by atomic mass is 10.0. The summed E-state index contributed by atoms with van der Waals surface area (Å²) in [4.78, 5) is 39.7. The largest absolute Gasteiger partial charge is 0.480 e. The van der Waals surface area contributed by atoms with Crippen LogP contribution >= 0.6 is 11.3 Å². The molecule has 0 atom stereocenters.